The molecule has 2 aromatic rings. The molecule has 0 amide bonds. The predicted molar refractivity (Wildman–Crippen MR) is 134 cm³/mol. The van der Waals surface area contributed by atoms with E-state index in [0.29, 0.717) is 13.2 Å². The lowest BCUT2D eigenvalue weighted by Gasteiger charge is -2.37. The van der Waals surface area contributed by atoms with Gasteiger partial charge in [0, 0.05) is 11.1 Å². The Morgan fingerprint density at radius 2 is 0.824 bits per heavy atom. The molecule has 2 rings (SSSR count). The van der Waals surface area contributed by atoms with Crippen LogP contribution in [0.3, 0.4) is 0 Å². The molecule has 0 heterocycles. The third-order valence-electron chi connectivity index (χ3n) is 7.20. The molecule has 0 fully saturated rings. The minimum Gasteiger partial charge on any atom is -1.00 e. The molecule has 2 aromatic carbocycles. The number of rotatable bonds is 17. The molecular formula is C28H46Cl2N2O2. The second-order valence-electron chi connectivity index (χ2n) is 8.91. The molecule has 6 heteroatoms. The molecule has 0 aromatic heterocycles. The van der Waals surface area contributed by atoms with E-state index in [0.717, 1.165) is 74.5 Å². The number of nitrogens with zero attached hydrogens (tertiary/aromatic N) is 2. The van der Waals surface area contributed by atoms with Crippen molar-refractivity contribution in [3.63, 3.8) is 0 Å². The van der Waals surface area contributed by atoms with Gasteiger partial charge in [0.25, 0.3) is 0 Å². The largest absolute Gasteiger partial charge is 1.00 e. The van der Waals surface area contributed by atoms with Crippen molar-refractivity contribution in [3.8, 4) is 0 Å². The first kappa shape index (κ1) is 32.9. The van der Waals surface area contributed by atoms with Crippen molar-refractivity contribution >= 4 is 0 Å². The molecule has 0 radical (unpaired) electrons. The summed E-state index contributed by atoms with van der Waals surface area (Å²) in [6, 6.07) is 21.6. The van der Waals surface area contributed by atoms with Gasteiger partial charge in [0.1, 0.15) is 26.2 Å². The van der Waals surface area contributed by atoms with Crippen molar-refractivity contribution < 1.29 is 43.3 Å². The lowest BCUT2D eigenvalue weighted by Crippen LogP contribution is -3.00. The van der Waals surface area contributed by atoms with Gasteiger partial charge in [0.15, 0.2) is 0 Å². The van der Waals surface area contributed by atoms with Gasteiger partial charge in [0.2, 0.25) is 0 Å². The number of halogens is 2. The number of likely N-dealkylation sites (N-methyl/N-ethyl adjacent to an activating group) is 2. The fourth-order valence-corrected chi connectivity index (χ4v) is 4.46. The molecule has 0 saturated heterocycles. The molecule has 194 valence electrons. The predicted octanol–water partition coefficient (Wildman–Crippen LogP) is -0.859. The summed E-state index contributed by atoms with van der Waals surface area (Å²) in [7, 11) is 0. The average Bonchev–Trinajstić information content (AvgIpc) is 2.85. The van der Waals surface area contributed by atoms with Crippen LogP contribution in [0.1, 0.15) is 38.8 Å². The van der Waals surface area contributed by atoms with Gasteiger partial charge in [-0.05, 0) is 27.7 Å². The Balaban J connectivity index is 0.00000544. The van der Waals surface area contributed by atoms with Gasteiger partial charge in [-0.3, -0.25) is 0 Å². The van der Waals surface area contributed by atoms with Crippen molar-refractivity contribution in [2.45, 2.75) is 40.8 Å². The number of hydrogen-bond donors (Lipinski definition) is 0. The van der Waals surface area contributed by atoms with Gasteiger partial charge in [-0.25, -0.2) is 0 Å². The van der Waals surface area contributed by atoms with Crippen LogP contribution in [0.25, 0.3) is 0 Å². The van der Waals surface area contributed by atoms with Crippen LogP contribution in [0.5, 0.6) is 0 Å². The molecule has 34 heavy (non-hydrogen) atoms. The van der Waals surface area contributed by atoms with E-state index in [4.69, 9.17) is 9.47 Å². The Morgan fingerprint density at radius 1 is 0.500 bits per heavy atom. The van der Waals surface area contributed by atoms with Gasteiger partial charge in [0.05, 0.1) is 52.6 Å². The molecule has 0 aliphatic rings. The first-order valence-corrected chi connectivity index (χ1v) is 12.5. The van der Waals surface area contributed by atoms with E-state index in [1.165, 1.54) is 11.1 Å². The van der Waals surface area contributed by atoms with E-state index in [1.54, 1.807) is 0 Å². The summed E-state index contributed by atoms with van der Waals surface area (Å²) in [5.74, 6) is 0. The van der Waals surface area contributed by atoms with Gasteiger partial charge in [-0.1, -0.05) is 60.7 Å². The topological polar surface area (TPSA) is 18.5 Å². The van der Waals surface area contributed by atoms with Crippen molar-refractivity contribution in [3.05, 3.63) is 71.8 Å². The summed E-state index contributed by atoms with van der Waals surface area (Å²) in [6.07, 6.45) is 0. The van der Waals surface area contributed by atoms with Gasteiger partial charge in [-0.15, -0.1) is 0 Å². The molecule has 0 bridgehead atoms. The number of benzene rings is 2. The zero-order valence-corrected chi connectivity index (χ0v) is 23.2. The summed E-state index contributed by atoms with van der Waals surface area (Å²) in [5, 5.41) is 0. The molecule has 0 saturated carbocycles. The third kappa shape index (κ3) is 11.1. The molecule has 0 aliphatic heterocycles. The van der Waals surface area contributed by atoms with Crippen molar-refractivity contribution in [2.24, 2.45) is 0 Å². The summed E-state index contributed by atoms with van der Waals surface area (Å²) >= 11 is 0. The second-order valence-corrected chi connectivity index (χ2v) is 8.91. The molecule has 0 unspecified atom stereocenters. The Labute approximate surface area is 221 Å². The van der Waals surface area contributed by atoms with Crippen molar-refractivity contribution in [2.75, 3.05) is 65.7 Å². The first-order chi connectivity index (χ1) is 15.6. The number of quaternary nitrogens is 2. The van der Waals surface area contributed by atoms with E-state index >= 15 is 0 Å². The second kappa shape index (κ2) is 18.2. The lowest BCUT2D eigenvalue weighted by atomic mass is 10.2. The maximum absolute atomic E-state index is 5.97. The highest BCUT2D eigenvalue weighted by Gasteiger charge is 2.24. The highest BCUT2D eigenvalue weighted by atomic mass is 35.5. The molecular weight excluding hydrogens is 467 g/mol. The van der Waals surface area contributed by atoms with Crippen LogP contribution in [0, 0.1) is 0 Å². The molecule has 4 nitrogen and oxygen atoms in total. The van der Waals surface area contributed by atoms with Crippen LogP contribution < -0.4 is 24.8 Å². The minimum absolute atomic E-state index is 0. The molecule has 0 N–H and O–H groups in total. The van der Waals surface area contributed by atoms with Crippen LogP contribution in [0.15, 0.2) is 60.7 Å². The first-order valence-electron chi connectivity index (χ1n) is 12.5. The zero-order chi connectivity index (χ0) is 23.1. The third-order valence-corrected chi connectivity index (χ3v) is 7.20. The normalized spacial score (nSPS) is 11.5. The lowest BCUT2D eigenvalue weighted by molar-refractivity contribution is -0.938. The van der Waals surface area contributed by atoms with Crippen molar-refractivity contribution in [1.29, 1.82) is 0 Å². The SMILES string of the molecule is CC[N+](CC)(CCOCCOCC[N+](CC)(CC)Cc1ccccc1)Cc1ccccc1.[Cl-].[Cl-]. The average molecular weight is 514 g/mol. The van der Waals surface area contributed by atoms with Crippen LogP contribution in [0.4, 0.5) is 0 Å². The van der Waals surface area contributed by atoms with Crippen LogP contribution in [-0.4, -0.2) is 74.7 Å². The fourth-order valence-electron chi connectivity index (χ4n) is 4.46. The smallest absolute Gasteiger partial charge is 0.104 e. The standard InChI is InChI=1S/C28H46N2O2.2ClH/c1-5-29(6-2,25-27-15-11-9-12-16-27)19-21-31-23-24-32-22-20-30(7-3,8-4)26-28-17-13-10-14-18-28;;/h9-18H,5-8,19-26H2,1-4H3;2*1H/q+2;;/p-2. The molecule has 0 atom stereocenters. The highest BCUT2D eigenvalue weighted by molar-refractivity contribution is 5.14. The van der Waals surface area contributed by atoms with Gasteiger partial charge in [-0.2, -0.15) is 0 Å². The Morgan fingerprint density at radius 3 is 1.12 bits per heavy atom. The highest BCUT2D eigenvalue weighted by Crippen LogP contribution is 2.15. The van der Waals surface area contributed by atoms with Crippen LogP contribution in [0.2, 0.25) is 0 Å². The van der Waals surface area contributed by atoms with E-state index < -0.39 is 0 Å². The van der Waals surface area contributed by atoms with E-state index in [9.17, 15) is 0 Å². The maximum atomic E-state index is 5.97. The van der Waals surface area contributed by atoms with Gasteiger partial charge < -0.3 is 43.3 Å². The monoisotopic (exact) mass is 512 g/mol. The molecule has 0 spiro atoms. The summed E-state index contributed by atoms with van der Waals surface area (Å²) in [6.45, 7) is 20.8. The Kier molecular flexibility index (Phi) is 17.6. The summed E-state index contributed by atoms with van der Waals surface area (Å²) in [4.78, 5) is 0. The van der Waals surface area contributed by atoms with Gasteiger partial charge >= 0.3 is 0 Å². The Hall–Kier alpha value is -1.14. The summed E-state index contributed by atoms with van der Waals surface area (Å²) in [5.41, 5.74) is 2.81. The van der Waals surface area contributed by atoms with Crippen LogP contribution >= 0.6 is 0 Å². The fraction of sp³-hybridized carbons (Fsp3) is 0.571. The summed E-state index contributed by atoms with van der Waals surface area (Å²) < 4.78 is 14.1. The maximum Gasteiger partial charge on any atom is 0.104 e. The minimum atomic E-state index is 0. The molecule has 0 aliphatic carbocycles. The number of ether oxygens (including phenoxy) is 2. The van der Waals surface area contributed by atoms with Crippen LogP contribution in [-0.2, 0) is 22.6 Å². The Bertz CT molecular complexity index is 660. The zero-order valence-electron chi connectivity index (χ0n) is 21.7. The van der Waals surface area contributed by atoms with E-state index in [2.05, 4.69) is 88.4 Å². The van der Waals surface area contributed by atoms with E-state index in [1.807, 2.05) is 0 Å². The quantitative estimate of drug-likeness (QED) is 0.203. The van der Waals surface area contributed by atoms with E-state index in [-0.39, 0.29) is 24.8 Å². The van der Waals surface area contributed by atoms with Crippen molar-refractivity contribution in [1.82, 2.24) is 0 Å². The number of hydrogen-bond acceptors (Lipinski definition) is 2.